The molecule has 2 unspecified atom stereocenters. The van der Waals surface area contributed by atoms with Crippen LogP contribution in [0.15, 0.2) is 12.7 Å². The van der Waals surface area contributed by atoms with Crippen LogP contribution in [0.4, 0.5) is 0 Å². The second-order valence-electron chi connectivity index (χ2n) is 6.65. The number of nitrogens with one attached hydrogen (secondary N) is 1. The van der Waals surface area contributed by atoms with Crippen LogP contribution in [0.5, 0.6) is 0 Å². The van der Waals surface area contributed by atoms with E-state index in [1.807, 2.05) is 6.08 Å². The molecule has 1 fully saturated rings. The Bertz CT molecular complexity index is 242. The number of rotatable bonds is 4. The van der Waals surface area contributed by atoms with Gasteiger partial charge in [0.1, 0.15) is 0 Å². The van der Waals surface area contributed by atoms with Crippen LogP contribution in [0.1, 0.15) is 52.9 Å². The summed E-state index contributed by atoms with van der Waals surface area (Å²) in [6.45, 7) is 12.5. The summed E-state index contributed by atoms with van der Waals surface area (Å²) < 4.78 is 0. The minimum absolute atomic E-state index is 0.161. The van der Waals surface area contributed by atoms with Crippen LogP contribution in [-0.4, -0.2) is 18.6 Å². The molecule has 0 heterocycles. The van der Waals surface area contributed by atoms with Crippen molar-refractivity contribution in [2.45, 2.75) is 58.4 Å². The van der Waals surface area contributed by atoms with Gasteiger partial charge in [-0.05, 0) is 37.0 Å². The number of nitrogens with two attached hydrogens (primary N) is 1. The fourth-order valence-electron chi connectivity index (χ4n) is 3.01. The molecular formula is C15H30N2. The van der Waals surface area contributed by atoms with Gasteiger partial charge in [0.25, 0.3) is 0 Å². The van der Waals surface area contributed by atoms with Crippen molar-refractivity contribution in [1.29, 1.82) is 0 Å². The molecule has 17 heavy (non-hydrogen) atoms. The molecule has 2 atom stereocenters. The summed E-state index contributed by atoms with van der Waals surface area (Å²) in [5.74, 6) is 0.835. The first-order valence-corrected chi connectivity index (χ1v) is 6.99. The van der Waals surface area contributed by atoms with Crippen molar-refractivity contribution in [3.05, 3.63) is 12.7 Å². The van der Waals surface area contributed by atoms with Gasteiger partial charge >= 0.3 is 0 Å². The zero-order valence-corrected chi connectivity index (χ0v) is 11.9. The molecule has 0 aliphatic heterocycles. The van der Waals surface area contributed by atoms with Gasteiger partial charge in [-0.3, -0.25) is 0 Å². The SMILES string of the molecule is C=CCNC1(CN)CCCC(C(C)(C)C)CC1. The summed E-state index contributed by atoms with van der Waals surface area (Å²) in [6, 6.07) is 0. The Kier molecular flexibility index (Phi) is 5.21. The molecule has 0 radical (unpaired) electrons. The average Bonchev–Trinajstić information content (AvgIpc) is 2.49. The molecule has 0 spiro atoms. The van der Waals surface area contributed by atoms with Gasteiger partial charge in [0, 0.05) is 18.6 Å². The van der Waals surface area contributed by atoms with Crippen LogP contribution < -0.4 is 11.1 Å². The highest BCUT2D eigenvalue weighted by Crippen LogP contribution is 2.39. The fourth-order valence-corrected chi connectivity index (χ4v) is 3.01. The second-order valence-corrected chi connectivity index (χ2v) is 6.65. The van der Waals surface area contributed by atoms with Gasteiger partial charge < -0.3 is 11.1 Å². The van der Waals surface area contributed by atoms with Crippen molar-refractivity contribution in [2.75, 3.05) is 13.1 Å². The number of hydrogen-bond donors (Lipinski definition) is 2. The molecule has 0 aromatic rings. The maximum absolute atomic E-state index is 6.01. The summed E-state index contributed by atoms with van der Waals surface area (Å²) >= 11 is 0. The Morgan fingerprint density at radius 1 is 1.35 bits per heavy atom. The maximum Gasteiger partial charge on any atom is 0.0306 e. The Morgan fingerprint density at radius 3 is 2.59 bits per heavy atom. The Labute approximate surface area is 107 Å². The molecule has 1 aliphatic carbocycles. The maximum atomic E-state index is 6.01. The van der Waals surface area contributed by atoms with Crippen molar-refractivity contribution in [2.24, 2.45) is 17.1 Å². The van der Waals surface area contributed by atoms with Gasteiger partial charge in [-0.15, -0.1) is 6.58 Å². The van der Waals surface area contributed by atoms with Crippen LogP contribution in [-0.2, 0) is 0 Å². The lowest BCUT2D eigenvalue weighted by molar-refractivity contribution is 0.207. The Hall–Kier alpha value is -0.340. The van der Waals surface area contributed by atoms with E-state index in [-0.39, 0.29) is 5.54 Å². The lowest BCUT2D eigenvalue weighted by Crippen LogP contribution is -2.51. The predicted octanol–water partition coefficient (Wildman–Crippen LogP) is 3.09. The van der Waals surface area contributed by atoms with E-state index in [0.29, 0.717) is 5.41 Å². The van der Waals surface area contributed by atoms with Gasteiger partial charge in [0.05, 0.1) is 0 Å². The third kappa shape index (κ3) is 4.11. The van der Waals surface area contributed by atoms with Crippen molar-refractivity contribution in [3.63, 3.8) is 0 Å². The highest BCUT2D eigenvalue weighted by atomic mass is 15.0. The van der Waals surface area contributed by atoms with Crippen molar-refractivity contribution in [3.8, 4) is 0 Å². The van der Waals surface area contributed by atoms with Crippen molar-refractivity contribution < 1.29 is 0 Å². The van der Waals surface area contributed by atoms with E-state index < -0.39 is 0 Å². The average molecular weight is 238 g/mol. The topological polar surface area (TPSA) is 38.0 Å². The molecule has 0 saturated heterocycles. The van der Waals surface area contributed by atoms with E-state index in [0.717, 1.165) is 19.0 Å². The summed E-state index contributed by atoms with van der Waals surface area (Å²) in [6.07, 6.45) is 8.29. The summed E-state index contributed by atoms with van der Waals surface area (Å²) in [5.41, 5.74) is 6.60. The van der Waals surface area contributed by atoms with Gasteiger partial charge in [-0.2, -0.15) is 0 Å². The normalized spacial score (nSPS) is 30.9. The predicted molar refractivity (Wildman–Crippen MR) is 76.0 cm³/mol. The molecule has 0 aromatic heterocycles. The largest absolute Gasteiger partial charge is 0.329 e. The van der Waals surface area contributed by atoms with Gasteiger partial charge in [0.2, 0.25) is 0 Å². The molecule has 0 aromatic carbocycles. The molecule has 2 nitrogen and oxygen atoms in total. The first kappa shape index (κ1) is 14.7. The summed E-state index contributed by atoms with van der Waals surface area (Å²) in [4.78, 5) is 0. The van der Waals surface area contributed by atoms with Gasteiger partial charge in [-0.1, -0.05) is 33.3 Å². The van der Waals surface area contributed by atoms with E-state index in [2.05, 4.69) is 32.7 Å². The van der Waals surface area contributed by atoms with Gasteiger partial charge in [0.15, 0.2) is 0 Å². The molecular weight excluding hydrogens is 208 g/mol. The molecule has 1 aliphatic rings. The van der Waals surface area contributed by atoms with Crippen LogP contribution >= 0.6 is 0 Å². The van der Waals surface area contributed by atoms with E-state index in [1.165, 1.54) is 32.1 Å². The third-order valence-corrected chi connectivity index (χ3v) is 4.42. The van der Waals surface area contributed by atoms with E-state index in [1.54, 1.807) is 0 Å². The number of hydrogen-bond acceptors (Lipinski definition) is 2. The molecule has 0 bridgehead atoms. The van der Waals surface area contributed by atoms with Crippen molar-refractivity contribution in [1.82, 2.24) is 5.32 Å². The Balaban J connectivity index is 2.63. The molecule has 100 valence electrons. The quantitative estimate of drug-likeness (QED) is 0.583. The van der Waals surface area contributed by atoms with Crippen LogP contribution in [0.2, 0.25) is 0 Å². The molecule has 1 rings (SSSR count). The fraction of sp³-hybridized carbons (Fsp3) is 0.867. The second kappa shape index (κ2) is 6.01. The smallest absolute Gasteiger partial charge is 0.0306 e. The van der Waals surface area contributed by atoms with E-state index in [9.17, 15) is 0 Å². The molecule has 3 N–H and O–H groups in total. The minimum atomic E-state index is 0.161. The first-order valence-electron chi connectivity index (χ1n) is 6.99. The highest BCUT2D eigenvalue weighted by molar-refractivity contribution is 4.95. The highest BCUT2D eigenvalue weighted by Gasteiger charge is 2.34. The summed E-state index contributed by atoms with van der Waals surface area (Å²) in [5, 5.41) is 3.60. The van der Waals surface area contributed by atoms with Crippen LogP contribution in [0.3, 0.4) is 0 Å². The minimum Gasteiger partial charge on any atom is -0.329 e. The molecule has 2 heteroatoms. The van der Waals surface area contributed by atoms with E-state index >= 15 is 0 Å². The first-order chi connectivity index (χ1) is 7.93. The lowest BCUT2D eigenvalue weighted by Gasteiger charge is -2.34. The monoisotopic (exact) mass is 238 g/mol. The van der Waals surface area contributed by atoms with Crippen LogP contribution in [0, 0.1) is 11.3 Å². The molecule has 1 saturated carbocycles. The van der Waals surface area contributed by atoms with Gasteiger partial charge in [-0.25, -0.2) is 0 Å². The van der Waals surface area contributed by atoms with E-state index in [4.69, 9.17) is 5.73 Å². The third-order valence-electron chi connectivity index (χ3n) is 4.42. The Morgan fingerprint density at radius 2 is 2.06 bits per heavy atom. The summed E-state index contributed by atoms with van der Waals surface area (Å²) in [7, 11) is 0. The zero-order chi connectivity index (χ0) is 12.9. The standard InChI is InChI=1S/C15H30N2/c1-5-11-17-15(12-16)9-6-7-13(8-10-15)14(2,3)4/h5,13,17H,1,6-12,16H2,2-4H3. The molecule has 0 amide bonds. The lowest BCUT2D eigenvalue weighted by atomic mass is 9.76. The van der Waals surface area contributed by atoms with Crippen molar-refractivity contribution >= 4 is 0 Å². The zero-order valence-electron chi connectivity index (χ0n) is 11.9. The van der Waals surface area contributed by atoms with Crippen LogP contribution in [0.25, 0.3) is 0 Å².